The quantitative estimate of drug-likeness (QED) is 0.544. The molecule has 0 saturated heterocycles. The van der Waals surface area contributed by atoms with Gasteiger partial charge in [0.15, 0.2) is 5.96 Å². The molecule has 0 aliphatic carbocycles. The van der Waals surface area contributed by atoms with Crippen LogP contribution in [0.1, 0.15) is 46.0 Å². The van der Waals surface area contributed by atoms with E-state index < -0.39 is 0 Å². The fourth-order valence-corrected chi connectivity index (χ4v) is 2.12. The van der Waals surface area contributed by atoms with Crippen molar-refractivity contribution in [2.75, 3.05) is 10.6 Å². The maximum atomic E-state index is 8.05. The first-order valence-corrected chi connectivity index (χ1v) is 8.70. The number of guanidine groups is 1. The number of ether oxygens (including phenoxy) is 1. The maximum Gasteiger partial charge on any atom is 0.229 e. The third kappa shape index (κ3) is 5.18. The van der Waals surface area contributed by atoms with Gasteiger partial charge in [0.1, 0.15) is 11.4 Å². The zero-order chi connectivity index (χ0) is 19.5. The molecule has 0 amide bonds. The molecule has 0 spiro atoms. The third-order valence-corrected chi connectivity index (χ3v) is 4.52. The standard InChI is InChI=1S/C20H29N5O/c1-13-12-14(2)23-18(22-13)25-17(21)24-15-8-10-16(11-9-15)26-20(6,7)19(3,4)5/h8-12H,1-7H3,(H3,21,22,23,24,25). The summed E-state index contributed by atoms with van der Waals surface area (Å²) in [6, 6.07) is 9.45. The Labute approximate surface area is 155 Å². The van der Waals surface area contributed by atoms with Crippen molar-refractivity contribution in [2.45, 2.75) is 54.1 Å². The van der Waals surface area contributed by atoms with Gasteiger partial charge in [-0.2, -0.15) is 0 Å². The van der Waals surface area contributed by atoms with Crippen LogP contribution in [0.3, 0.4) is 0 Å². The van der Waals surface area contributed by atoms with Gasteiger partial charge in [-0.15, -0.1) is 0 Å². The second-order valence-corrected chi connectivity index (χ2v) is 7.99. The van der Waals surface area contributed by atoms with Crippen LogP contribution in [-0.2, 0) is 0 Å². The van der Waals surface area contributed by atoms with Crippen LogP contribution in [0.2, 0.25) is 0 Å². The van der Waals surface area contributed by atoms with Crippen molar-refractivity contribution < 1.29 is 4.74 Å². The van der Waals surface area contributed by atoms with Crippen molar-refractivity contribution in [3.63, 3.8) is 0 Å². The number of anilines is 2. The lowest BCUT2D eigenvalue weighted by Crippen LogP contribution is -2.42. The van der Waals surface area contributed by atoms with Crippen LogP contribution in [0.4, 0.5) is 11.6 Å². The Balaban J connectivity index is 1.99. The topological polar surface area (TPSA) is 82.9 Å². The van der Waals surface area contributed by atoms with Gasteiger partial charge in [0.25, 0.3) is 0 Å². The van der Waals surface area contributed by atoms with Gasteiger partial charge >= 0.3 is 0 Å². The van der Waals surface area contributed by atoms with Gasteiger partial charge in [0, 0.05) is 22.5 Å². The van der Waals surface area contributed by atoms with E-state index in [0.29, 0.717) is 5.95 Å². The van der Waals surface area contributed by atoms with Crippen LogP contribution in [0.15, 0.2) is 30.3 Å². The Bertz CT molecular complexity index is 756. The molecule has 1 aromatic carbocycles. The zero-order valence-electron chi connectivity index (χ0n) is 16.7. The Morgan fingerprint density at radius 3 is 1.96 bits per heavy atom. The molecule has 3 N–H and O–H groups in total. The molecule has 6 heteroatoms. The predicted molar refractivity (Wildman–Crippen MR) is 107 cm³/mol. The first-order valence-electron chi connectivity index (χ1n) is 8.70. The summed E-state index contributed by atoms with van der Waals surface area (Å²) >= 11 is 0. The van der Waals surface area contributed by atoms with E-state index in [-0.39, 0.29) is 17.0 Å². The first kappa shape index (κ1) is 19.7. The van der Waals surface area contributed by atoms with E-state index in [1.54, 1.807) is 0 Å². The average Bonchev–Trinajstić information content (AvgIpc) is 2.46. The van der Waals surface area contributed by atoms with Crippen molar-refractivity contribution in [1.82, 2.24) is 9.97 Å². The van der Waals surface area contributed by atoms with E-state index in [1.165, 1.54) is 0 Å². The van der Waals surface area contributed by atoms with Crippen molar-refractivity contribution in [3.05, 3.63) is 41.7 Å². The minimum Gasteiger partial charge on any atom is -0.487 e. The summed E-state index contributed by atoms with van der Waals surface area (Å²) in [7, 11) is 0. The molecular formula is C20H29N5O. The molecule has 1 aromatic heterocycles. The fourth-order valence-electron chi connectivity index (χ4n) is 2.12. The number of aromatic nitrogens is 2. The lowest BCUT2D eigenvalue weighted by molar-refractivity contribution is 0.000823. The van der Waals surface area contributed by atoms with Crippen LogP contribution < -0.4 is 15.4 Å². The van der Waals surface area contributed by atoms with Crippen LogP contribution >= 0.6 is 0 Å². The molecule has 0 saturated carbocycles. The highest BCUT2D eigenvalue weighted by Gasteiger charge is 2.34. The lowest BCUT2D eigenvalue weighted by Gasteiger charge is -2.39. The Morgan fingerprint density at radius 2 is 1.46 bits per heavy atom. The van der Waals surface area contributed by atoms with Gasteiger partial charge < -0.3 is 10.1 Å². The highest BCUT2D eigenvalue weighted by atomic mass is 16.5. The number of hydrogen-bond acceptors (Lipinski definition) is 4. The van der Waals surface area contributed by atoms with Crippen LogP contribution in [0, 0.1) is 24.7 Å². The van der Waals surface area contributed by atoms with Crippen molar-refractivity contribution >= 4 is 17.6 Å². The van der Waals surface area contributed by atoms with E-state index in [9.17, 15) is 0 Å². The molecule has 0 atom stereocenters. The van der Waals surface area contributed by atoms with Gasteiger partial charge in [-0.1, -0.05) is 20.8 Å². The summed E-state index contributed by atoms with van der Waals surface area (Å²) < 4.78 is 6.13. The molecular weight excluding hydrogens is 326 g/mol. The van der Waals surface area contributed by atoms with Crippen LogP contribution in [0.25, 0.3) is 0 Å². The second-order valence-electron chi connectivity index (χ2n) is 7.99. The monoisotopic (exact) mass is 355 g/mol. The van der Waals surface area contributed by atoms with Crippen molar-refractivity contribution in [3.8, 4) is 5.75 Å². The smallest absolute Gasteiger partial charge is 0.229 e. The Kier molecular flexibility index (Phi) is 5.54. The highest BCUT2D eigenvalue weighted by Crippen LogP contribution is 2.34. The molecule has 0 unspecified atom stereocenters. The molecule has 26 heavy (non-hydrogen) atoms. The molecule has 2 rings (SSSR count). The van der Waals surface area contributed by atoms with Crippen LogP contribution in [0.5, 0.6) is 5.75 Å². The third-order valence-electron chi connectivity index (χ3n) is 4.52. The molecule has 6 nitrogen and oxygen atoms in total. The van der Waals surface area contributed by atoms with E-state index in [4.69, 9.17) is 10.1 Å². The molecule has 0 radical (unpaired) electrons. The van der Waals surface area contributed by atoms with Crippen LogP contribution in [-0.4, -0.2) is 21.5 Å². The normalized spacial score (nSPS) is 11.8. The van der Waals surface area contributed by atoms with Crippen molar-refractivity contribution in [2.24, 2.45) is 5.41 Å². The molecule has 0 bridgehead atoms. The number of nitrogens with one attached hydrogen (secondary N) is 3. The van der Waals surface area contributed by atoms with Gasteiger partial charge in [-0.25, -0.2) is 9.97 Å². The fraction of sp³-hybridized carbons (Fsp3) is 0.450. The molecule has 2 aromatic rings. The van der Waals surface area contributed by atoms with E-state index >= 15 is 0 Å². The minimum atomic E-state index is -0.295. The first-order chi connectivity index (χ1) is 12.0. The Hall–Kier alpha value is -2.63. The summed E-state index contributed by atoms with van der Waals surface area (Å²) in [5, 5.41) is 13.9. The summed E-state index contributed by atoms with van der Waals surface area (Å²) in [5.74, 6) is 1.32. The number of nitrogens with zero attached hydrogens (tertiary/aromatic N) is 2. The number of hydrogen-bond donors (Lipinski definition) is 3. The molecule has 140 valence electrons. The predicted octanol–water partition coefficient (Wildman–Crippen LogP) is 4.76. The SMILES string of the molecule is Cc1cc(C)nc(NC(=N)Nc2ccc(OC(C)(C)C(C)(C)C)cc2)n1. The highest BCUT2D eigenvalue weighted by molar-refractivity contribution is 6.00. The maximum absolute atomic E-state index is 8.05. The lowest BCUT2D eigenvalue weighted by atomic mass is 9.79. The summed E-state index contributed by atoms with van der Waals surface area (Å²) in [4.78, 5) is 8.54. The largest absolute Gasteiger partial charge is 0.487 e. The summed E-state index contributed by atoms with van der Waals surface area (Å²) in [6.45, 7) is 14.4. The molecule has 0 aliphatic heterocycles. The number of aryl methyl sites for hydroxylation is 2. The average molecular weight is 355 g/mol. The van der Waals surface area contributed by atoms with Gasteiger partial charge in [-0.05, 0) is 58.0 Å². The second kappa shape index (κ2) is 7.32. The number of rotatable bonds is 4. The number of benzene rings is 1. The van der Waals surface area contributed by atoms with Crippen molar-refractivity contribution in [1.29, 1.82) is 5.41 Å². The summed E-state index contributed by atoms with van der Waals surface area (Å²) in [6.07, 6.45) is 0. The van der Waals surface area contributed by atoms with Gasteiger partial charge in [0.2, 0.25) is 5.95 Å². The van der Waals surface area contributed by atoms with Gasteiger partial charge in [-0.3, -0.25) is 10.7 Å². The summed E-state index contributed by atoms with van der Waals surface area (Å²) in [5.41, 5.74) is 2.22. The van der Waals surface area contributed by atoms with E-state index in [2.05, 4.69) is 55.2 Å². The van der Waals surface area contributed by atoms with Gasteiger partial charge in [0.05, 0.1) is 0 Å². The molecule has 0 fully saturated rings. The minimum absolute atomic E-state index is 0.0158. The van der Waals surface area contributed by atoms with E-state index in [1.807, 2.05) is 44.2 Å². The Morgan fingerprint density at radius 1 is 0.923 bits per heavy atom. The zero-order valence-corrected chi connectivity index (χ0v) is 16.7. The molecule has 1 heterocycles. The molecule has 0 aliphatic rings. The van der Waals surface area contributed by atoms with E-state index in [0.717, 1.165) is 22.8 Å².